The molecular weight excluding hydrogens is 403 g/mol. The summed E-state index contributed by atoms with van der Waals surface area (Å²) in [5.74, 6) is -0.552. The van der Waals surface area contributed by atoms with Crippen molar-refractivity contribution < 1.29 is 12.8 Å². The first kappa shape index (κ1) is 18.6. The molecule has 0 unspecified atom stereocenters. The number of thiophene rings is 1. The third kappa shape index (κ3) is 3.06. The van der Waals surface area contributed by atoms with E-state index in [9.17, 15) is 12.8 Å². The average molecular weight is 420 g/mol. The molecule has 3 aromatic heterocycles. The molecule has 1 aliphatic heterocycles. The van der Waals surface area contributed by atoms with Crippen LogP contribution < -0.4 is 5.32 Å². The standard InChI is InChI=1S/C17H17FN6O2S2/c1-17(10-28(25,26)23(2)16(19)22-17)15-12(18)9-13(27-15)11-4-6-20-14(8-11)24-7-3-5-21-24/h3-9H,10H2,1-2H3,(H2,19,22)/t17-/m0/s1. The van der Waals surface area contributed by atoms with Crippen LogP contribution in [0.4, 0.5) is 4.39 Å². The molecule has 2 N–H and O–H groups in total. The SMILES string of the molecule is CN1C(=N)N[C@](C)(c2sc(-c3ccnc(-n4cccn4)c3)cc2F)CS1(=O)=O. The fraction of sp³-hybridized carbons (Fsp3) is 0.235. The summed E-state index contributed by atoms with van der Waals surface area (Å²) < 4.78 is 42.0. The molecule has 0 aromatic carbocycles. The van der Waals surface area contributed by atoms with Crippen LogP contribution in [-0.4, -0.2) is 46.2 Å². The maximum Gasteiger partial charge on any atom is 0.239 e. The number of hydrogen-bond donors (Lipinski definition) is 2. The van der Waals surface area contributed by atoms with E-state index < -0.39 is 21.4 Å². The van der Waals surface area contributed by atoms with Gasteiger partial charge in [-0.3, -0.25) is 5.41 Å². The molecule has 28 heavy (non-hydrogen) atoms. The number of halogens is 1. The average Bonchev–Trinajstić information content (AvgIpc) is 3.29. The van der Waals surface area contributed by atoms with Crippen molar-refractivity contribution in [2.45, 2.75) is 12.5 Å². The quantitative estimate of drug-likeness (QED) is 0.676. The second-order valence-electron chi connectivity index (χ2n) is 6.67. The fourth-order valence-electron chi connectivity index (χ4n) is 3.09. The minimum atomic E-state index is -3.71. The van der Waals surface area contributed by atoms with E-state index in [1.54, 1.807) is 48.4 Å². The molecule has 0 amide bonds. The number of sulfonamides is 1. The van der Waals surface area contributed by atoms with Crippen LogP contribution in [0.15, 0.2) is 42.9 Å². The lowest BCUT2D eigenvalue weighted by Gasteiger charge is -2.39. The van der Waals surface area contributed by atoms with E-state index in [0.29, 0.717) is 10.7 Å². The lowest BCUT2D eigenvalue weighted by atomic mass is 10.0. The lowest BCUT2D eigenvalue weighted by Crippen LogP contribution is -2.60. The molecule has 146 valence electrons. The summed E-state index contributed by atoms with van der Waals surface area (Å²) in [4.78, 5) is 5.13. The first-order valence-corrected chi connectivity index (χ1v) is 10.7. The predicted octanol–water partition coefficient (Wildman–Crippen LogP) is 2.15. The van der Waals surface area contributed by atoms with Gasteiger partial charge in [0.15, 0.2) is 5.82 Å². The molecular formula is C17H17FN6O2S2. The highest BCUT2D eigenvalue weighted by Crippen LogP contribution is 2.39. The van der Waals surface area contributed by atoms with Gasteiger partial charge in [-0.2, -0.15) is 5.10 Å². The van der Waals surface area contributed by atoms with E-state index in [0.717, 1.165) is 21.2 Å². The van der Waals surface area contributed by atoms with Gasteiger partial charge in [0.25, 0.3) is 0 Å². The van der Waals surface area contributed by atoms with Crippen LogP contribution in [0.25, 0.3) is 16.3 Å². The summed E-state index contributed by atoms with van der Waals surface area (Å²) in [6.07, 6.45) is 5.01. The van der Waals surface area contributed by atoms with E-state index in [1.165, 1.54) is 13.1 Å². The van der Waals surface area contributed by atoms with Crippen LogP contribution in [-0.2, 0) is 15.6 Å². The molecule has 3 aromatic rings. The van der Waals surface area contributed by atoms with Crippen molar-refractivity contribution in [2.24, 2.45) is 0 Å². The number of aromatic nitrogens is 3. The number of pyridine rings is 1. The van der Waals surface area contributed by atoms with Crippen molar-refractivity contribution in [2.75, 3.05) is 12.8 Å². The number of hydrogen-bond acceptors (Lipinski definition) is 6. The zero-order valence-electron chi connectivity index (χ0n) is 15.0. The Labute approximate surface area is 165 Å². The number of nitrogens with one attached hydrogen (secondary N) is 2. The summed E-state index contributed by atoms with van der Waals surface area (Å²) in [7, 11) is -2.41. The zero-order chi connectivity index (χ0) is 20.1. The Morgan fingerprint density at radius 3 is 2.82 bits per heavy atom. The van der Waals surface area contributed by atoms with E-state index in [1.807, 2.05) is 0 Å². The molecule has 0 radical (unpaired) electrons. The number of nitrogens with zero attached hydrogens (tertiary/aromatic N) is 4. The van der Waals surface area contributed by atoms with Gasteiger partial charge in [-0.25, -0.2) is 26.8 Å². The maximum atomic E-state index is 14.8. The van der Waals surface area contributed by atoms with Crippen LogP contribution in [0.3, 0.4) is 0 Å². The van der Waals surface area contributed by atoms with Crippen LogP contribution >= 0.6 is 11.3 Å². The Kier molecular flexibility index (Phi) is 4.23. The summed E-state index contributed by atoms with van der Waals surface area (Å²) in [6, 6.07) is 6.69. The van der Waals surface area contributed by atoms with Gasteiger partial charge in [0, 0.05) is 30.5 Å². The smallest absolute Gasteiger partial charge is 0.239 e. The van der Waals surface area contributed by atoms with Crippen molar-refractivity contribution in [1.82, 2.24) is 24.4 Å². The lowest BCUT2D eigenvalue weighted by molar-refractivity contribution is 0.411. The molecule has 0 aliphatic carbocycles. The first-order valence-electron chi connectivity index (χ1n) is 8.29. The number of rotatable bonds is 3. The third-order valence-corrected chi connectivity index (χ3v) is 7.94. The van der Waals surface area contributed by atoms with Crippen LogP contribution in [0.5, 0.6) is 0 Å². The van der Waals surface area contributed by atoms with Crippen LogP contribution in [0, 0.1) is 11.2 Å². The van der Waals surface area contributed by atoms with Gasteiger partial charge in [-0.05, 0) is 36.8 Å². The molecule has 4 rings (SSSR count). The van der Waals surface area contributed by atoms with E-state index in [4.69, 9.17) is 5.41 Å². The summed E-state index contributed by atoms with van der Waals surface area (Å²) in [6.45, 7) is 1.59. The molecule has 1 saturated heterocycles. The monoisotopic (exact) mass is 420 g/mol. The summed E-state index contributed by atoms with van der Waals surface area (Å²) in [5.41, 5.74) is -0.488. The Hall–Kier alpha value is -2.79. The highest BCUT2D eigenvalue weighted by molar-refractivity contribution is 7.89. The van der Waals surface area contributed by atoms with Gasteiger partial charge in [-0.1, -0.05) is 0 Å². The van der Waals surface area contributed by atoms with E-state index >= 15 is 0 Å². The molecule has 0 saturated carbocycles. The summed E-state index contributed by atoms with van der Waals surface area (Å²) in [5, 5.41) is 14.9. The van der Waals surface area contributed by atoms with E-state index in [-0.39, 0.29) is 16.6 Å². The fourth-order valence-corrected chi connectivity index (χ4v) is 5.77. The maximum absolute atomic E-state index is 14.8. The molecule has 4 heterocycles. The molecule has 1 atom stereocenters. The highest BCUT2D eigenvalue weighted by Gasteiger charge is 2.44. The van der Waals surface area contributed by atoms with Gasteiger partial charge in [0.2, 0.25) is 16.0 Å². The molecule has 1 aliphatic rings. The van der Waals surface area contributed by atoms with Crippen molar-refractivity contribution in [3.63, 3.8) is 0 Å². The largest absolute Gasteiger partial charge is 0.344 e. The predicted molar refractivity (Wildman–Crippen MR) is 104 cm³/mol. The second kappa shape index (κ2) is 6.38. The Morgan fingerprint density at radius 2 is 2.14 bits per heavy atom. The molecule has 1 fully saturated rings. The van der Waals surface area contributed by atoms with Gasteiger partial charge in [0.1, 0.15) is 5.82 Å². The van der Waals surface area contributed by atoms with Gasteiger partial charge in [0.05, 0.1) is 16.2 Å². The van der Waals surface area contributed by atoms with Crippen molar-refractivity contribution in [3.05, 3.63) is 53.6 Å². The van der Waals surface area contributed by atoms with Crippen molar-refractivity contribution in [1.29, 1.82) is 5.41 Å². The van der Waals surface area contributed by atoms with Crippen molar-refractivity contribution in [3.8, 4) is 16.3 Å². The Bertz CT molecular complexity index is 1160. The van der Waals surface area contributed by atoms with E-state index in [2.05, 4.69) is 15.4 Å². The normalized spacial score (nSPS) is 21.5. The molecule has 8 nitrogen and oxygen atoms in total. The molecule has 0 bridgehead atoms. The minimum absolute atomic E-state index is 0.237. The third-order valence-electron chi connectivity index (χ3n) is 4.55. The highest BCUT2D eigenvalue weighted by atomic mass is 32.2. The van der Waals surface area contributed by atoms with Gasteiger partial charge < -0.3 is 5.32 Å². The van der Waals surface area contributed by atoms with Crippen LogP contribution in [0.1, 0.15) is 11.8 Å². The van der Waals surface area contributed by atoms with Gasteiger partial charge in [-0.15, -0.1) is 11.3 Å². The first-order chi connectivity index (χ1) is 13.2. The van der Waals surface area contributed by atoms with Crippen molar-refractivity contribution >= 4 is 27.3 Å². The minimum Gasteiger partial charge on any atom is -0.344 e. The second-order valence-corrected chi connectivity index (χ2v) is 9.72. The van der Waals surface area contributed by atoms with Gasteiger partial charge >= 0.3 is 0 Å². The zero-order valence-corrected chi connectivity index (χ0v) is 16.7. The molecule has 0 spiro atoms. The Balaban J connectivity index is 1.74. The topological polar surface area (TPSA) is 104 Å². The van der Waals surface area contributed by atoms with Crippen LogP contribution in [0.2, 0.25) is 0 Å². The Morgan fingerprint density at radius 1 is 1.36 bits per heavy atom. The summed E-state index contributed by atoms with van der Waals surface area (Å²) >= 11 is 1.15. The number of guanidine groups is 1. The molecule has 11 heteroatoms.